The van der Waals surface area contributed by atoms with Gasteiger partial charge in [0.1, 0.15) is 0 Å². The predicted octanol–water partition coefficient (Wildman–Crippen LogP) is 1.67. The molecule has 0 aliphatic carbocycles. The van der Waals surface area contributed by atoms with Crippen LogP contribution in [-0.2, 0) is 6.54 Å². The summed E-state index contributed by atoms with van der Waals surface area (Å²) in [5, 5.41) is 9.84. The maximum absolute atomic E-state index is 9.84. The van der Waals surface area contributed by atoms with Gasteiger partial charge in [-0.3, -0.25) is 4.90 Å². The van der Waals surface area contributed by atoms with Gasteiger partial charge in [-0.05, 0) is 50.9 Å². The van der Waals surface area contributed by atoms with Crippen LogP contribution in [0.15, 0.2) is 24.3 Å². The fourth-order valence-electron chi connectivity index (χ4n) is 4.26. The second-order valence-electron chi connectivity index (χ2n) is 7.84. The van der Waals surface area contributed by atoms with Gasteiger partial charge in [0.05, 0.1) is 0 Å². The molecule has 2 aliphatic rings. The van der Waals surface area contributed by atoms with Crippen molar-refractivity contribution < 1.29 is 5.11 Å². The van der Waals surface area contributed by atoms with E-state index in [-0.39, 0.29) is 0 Å². The molecule has 0 radical (unpaired) electrons. The van der Waals surface area contributed by atoms with Crippen LogP contribution in [0.4, 0.5) is 0 Å². The first kappa shape index (κ1) is 17.9. The predicted molar refractivity (Wildman–Crippen MR) is 99.1 cm³/mol. The highest BCUT2D eigenvalue weighted by molar-refractivity contribution is 5.22. The standard InChI is InChI=1S/C20H33N3O/c1-17-5-3-6-18(11-17)12-23-14-19(20(15-23)16-24)13-22-8-4-7-21(2)9-10-22/h3,5-6,11,19-20,24H,4,7-10,12-16H2,1-2H3/t19-,20-/m1/s1. The summed E-state index contributed by atoms with van der Waals surface area (Å²) in [5.41, 5.74) is 2.72. The van der Waals surface area contributed by atoms with Gasteiger partial charge in [-0.1, -0.05) is 29.8 Å². The summed E-state index contributed by atoms with van der Waals surface area (Å²) < 4.78 is 0. The van der Waals surface area contributed by atoms with Crippen molar-refractivity contribution in [2.45, 2.75) is 19.9 Å². The van der Waals surface area contributed by atoms with Crippen molar-refractivity contribution in [2.75, 3.05) is 59.5 Å². The van der Waals surface area contributed by atoms with Gasteiger partial charge in [0.25, 0.3) is 0 Å². The van der Waals surface area contributed by atoms with Crippen LogP contribution in [0.3, 0.4) is 0 Å². The quantitative estimate of drug-likeness (QED) is 0.889. The van der Waals surface area contributed by atoms with E-state index in [1.54, 1.807) is 0 Å². The number of nitrogens with zero attached hydrogens (tertiary/aromatic N) is 3. The number of likely N-dealkylation sites (tertiary alicyclic amines) is 1. The largest absolute Gasteiger partial charge is 0.396 e. The molecule has 24 heavy (non-hydrogen) atoms. The Hall–Kier alpha value is -0.940. The van der Waals surface area contributed by atoms with Gasteiger partial charge < -0.3 is 14.9 Å². The van der Waals surface area contributed by atoms with Crippen LogP contribution in [0.5, 0.6) is 0 Å². The topological polar surface area (TPSA) is 30.0 Å². The summed E-state index contributed by atoms with van der Waals surface area (Å²) in [6.07, 6.45) is 1.26. The molecule has 2 saturated heterocycles. The van der Waals surface area contributed by atoms with Crippen molar-refractivity contribution in [3.63, 3.8) is 0 Å². The summed E-state index contributed by atoms with van der Waals surface area (Å²) in [7, 11) is 2.22. The van der Waals surface area contributed by atoms with Crippen LogP contribution in [0.1, 0.15) is 17.5 Å². The van der Waals surface area contributed by atoms with Gasteiger partial charge in [0.2, 0.25) is 0 Å². The Kier molecular flexibility index (Phi) is 6.28. The zero-order valence-corrected chi connectivity index (χ0v) is 15.3. The van der Waals surface area contributed by atoms with Gasteiger partial charge in [0.15, 0.2) is 0 Å². The molecular weight excluding hydrogens is 298 g/mol. The lowest BCUT2D eigenvalue weighted by Gasteiger charge is -2.26. The lowest BCUT2D eigenvalue weighted by Crippen LogP contribution is -2.36. The first-order valence-corrected chi connectivity index (χ1v) is 9.43. The zero-order chi connectivity index (χ0) is 16.9. The van der Waals surface area contributed by atoms with Crippen molar-refractivity contribution in [2.24, 2.45) is 11.8 Å². The first-order valence-electron chi connectivity index (χ1n) is 9.43. The zero-order valence-electron chi connectivity index (χ0n) is 15.3. The molecule has 2 heterocycles. The third kappa shape index (κ3) is 4.79. The molecule has 3 rings (SSSR count). The molecule has 1 aromatic rings. The van der Waals surface area contributed by atoms with E-state index >= 15 is 0 Å². The third-order valence-corrected chi connectivity index (χ3v) is 5.68. The van der Waals surface area contributed by atoms with E-state index in [4.69, 9.17) is 0 Å². The molecule has 0 spiro atoms. The van der Waals surface area contributed by atoms with E-state index in [0.29, 0.717) is 18.4 Å². The molecule has 0 unspecified atom stereocenters. The molecule has 2 atom stereocenters. The molecule has 1 N–H and O–H groups in total. The number of aryl methyl sites for hydroxylation is 1. The normalized spacial score (nSPS) is 27.5. The van der Waals surface area contributed by atoms with E-state index in [2.05, 4.69) is 52.9 Å². The Labute approximate surface area is 147 Å². The Morgan fingerprint density at radius 3 is 2.67 bits per heavy atom. The lowest BCUT2D eigenvalue weighted by atomic mass is 9.96. The highest BCUT2D eigenvalue weighted by Gasteiger charge is 2.33. The van der Waals surface area contributed by atoms with Gasteiger partial charge >= 0.3 is 0 Å². The SMILES string of the molecule is Cc1cccc(CN2C[C@@H](CN3CCCN(C)CC3)[C@@H](CO)C2)c1. The summed E-state index contributed by atoms with van der Waals surface area (Å²) in [6, 6.07) is 8.81. The molecule has 1 aromatic carbocycles. The van der Waals surface area contributed by atoms with Crippen molar-refractivity contribution in [1.82, 2.24) is 14.7 Å². The van der Waals surface area contributed by atoms with Crippen LogP contribution in [-0.4, -0.2) is 79.3 Å². The fraction of sp³-hybridized carbons (Fsp3) is 0.700. The van der Waals surface area contributed by atoms with Crippen molar-refractivity contribution >= 4 is 0 Å². The van der Waals surface area contributed by atoms with Crippen LogP contribution in [0.2, 0.25) is 0 Å². The number of hydrogen-bond donors (Lipinski definition) is 1. The molecule has 134 valence electrons. The lowest BCUT2D eigenvalue weighted by molar-refractivity contribution is 0.165. The van der Waals surface area contributed by atoms with Crippen molar-refractivity contribution in [1.29, 1.82) is 0 Å². The summed E-state index contributed by atoms with van der Waals surface area (Å²) in [6.45, 7) is 11.5. The average molecular weight is 332 g/mol. The Bertz CT molecular complexity index is 521. The van der Waals surface area contributed by atoms with E-state index in [0.717, 1.165) is 26.2 Å². The maximum Gasteiger partial charge on any atom is 0.0475 e. The first-order chi connectivity index (χ1) is 11.6. The minimum atomic E-state index is 0.322. The molecule has 0 bridgehead atoms. The highest BCUT2D eigenvalue weighted by Crippen LogP contribution is 2.26. The molecule has 2 fully saturated rings. The number of rotatable bonds is 5. The van der Waals surface area contributed by atoms with Crippen LogP contribution in [0.25, 0.3) is 0 Å². The Balaban J connectivity index is 1.55. The number of hydrogen-bond acceptors (Lipinski definition) is 4. The monoisotopic (exact) mass is 331 g/mol. The van der Waals surface area contributed by atoms with Crippen LogP contribution < -0.4 is 0 Å². The van der Waals surface area contributed by atoms with Crippen LogP contribution in [0, 0.1) is 18.8 Å². The number of aliphatic hydroxyl groups excluding tert-OH is 1. The summed E-state index contributed by atoms with van der Waals surface area (Å²) in [5.74, 6) is 1.03. The summed E-state index contributed by atoms with van der Waals surface area (Å²) in [4.78, 5) is 7.58. The van der Waals surface area contributed by atoms with Gasteiger partial charge in [0, 0.05) is 45.9 Å². The van der Waals surface area contributed by atoms with Gasteiger partial charge in [-0.15, -0.1) is 0 Å². The third-order valence-electron chi connectivity index (χ3n) is 5.68. The Morgan fingerprint density at radius 2 is 1.88 bits per heavy atom. The van der Waals surface area contributed by atoms with Gasteiger partial charge in [-0.2, -0.15) is 0 Å². The molecule has 4 nitrogen and oxygen atoms in total. The molecular formula is C20H33N3O. The van der Waals surface area contributed by atoms with Gasteiger partial charge in [-0.25, -0.2) is 0 Å². The van der Waals surface area contributed by atoms with Crippen molar-refractivity contribution in [3.05, 3.63) is 35.4 Å². The Morgan fingerprint density at radius 1 is 1.04 bits per heavy atom. The van der Waals surface area contributed by atoms with E-state index in [9.17, 15) is 5.11 Å². The summed E-state index contributed by atoms with van der Waals surface area (Å²) >= 11 is 0. The number of likely N-dealkylation sites (N-methyl/N-ethyl adjacent to an activating group) is 1. The molecule has 4 heteroatoms. The van der Waals surface area contributed by atoms with Crippen molar-refractivity contribution in [3.8, 4) is 0 Å². The van der Waals surface area contributed by atoms with E-state index < -0.39 is 0 Å². The van der Waals surface area contributed by atoms with Crippen LogP contribution >= 0.6 is 0 Å². The molecule has 2 aliphatic heterocycles. The maximum atomic E-state index is 9.84. The molecule has 0 amide bonds. The number of aliphatic hydroxyl groups is 1. The minimum Gasteiger partial charge on any atom is -0.396 e. The second-order valence-corrected chi connectivity index (χ2v) is 7.84. The molecule has 0 saturated carbocycles. The van der Waals surface area contributed by atoms with E-state index in [1.807, 2.05) is 0 Å². The molecule has 0 aromatic heterocycles. The average Bonchev–Trinajstić information content (AvgIpc) is 2.81. The highest BCUT2D eigenvalue weighted by atomic mass is 16.3. The second kappa shape index (κ2) is 8.43. The fourth-order valence-corrected chi connectivity index (χ4v) is 4.26. The number of benzene rings is 1. The van der Waals surface area contributed by atoms with E-state index in [1.165, 1.54) is 43.7 Å². The smallest absolute Gasteiger partial charge is 0.0475 e. The minimum absolute atomic E-state index is 0.322.